The molecule has 0 aliphatic rings. The zero-order valence-corrected chi connectivity index (χ0v) is 10.5. The number of nitrogens with one attached hydrogen (secondary N) is 2. The maximum Gasteiger partial charge on any atom is 0.278 e. The van der Waals surface area contributed by atoms with E-state index in [-0.39, 0.29) is 17.4 Å². The molecule has 7 heteroatoms. The van der Waals surface area contributed by atoms with Gasteiger partial charge in [-0.3, -0.25) is 9.78 Å². The molecule has 2 heterocycles. The van der Waals surface area contributed by atoms with Crippen molar-refractivity contribution in [1.29, 1.82) is 0 Å². The van der Waals surface area contributed by atoms with E-state index in [2.05, 4.69) is 33.8 Å². The second-order valence-corrected chi connectivity index (χ2v) is 4.83. The van der Waals surface area contributed by atoms with E-state index in [9.17, 15) is 4.79 Å². The molecule has 0 saturated carbocycles. The normalized spacial score (nSPS) is 13.3. The fraction of sp³-hybridized carbons (Fsp3) is 0.545. The number of aromatic amines is 2. The van der Waals surface area contributed by atoms with E-state index in [4.69, 9.17) is 11.5 Å². The van der Waals surface area contributed by atoms with Crippen LogP contribution in [0.15, 0.2) is 4.79 Å². The number of H-pyrrole nitrogens is 2. The first-order valence-electron chi connectivity index (χ1n) is 5.96. The molecule has 0 saturated heterocycles. The van der Waals surface area contributed by atoms with Crippen molar-refractivity contribution in [2.45, 2.75) is 26.2 Å². The van der Waals surface area contributed by atoms with Crippen LogP contribution in [0.2, 0.25) is 0 Å². The molecule has 2 aromatic rings. The maximum absolute atomic E-state index is 11.7. The first-order chi connectivity index (χ1) is 8.51. The molecular formula is C11H18N6O. The molecular weight excluding hydrogens is 232 g/mol. The lowest BCUT2D eigenvalue weighted by atomic mass is 9.97. The molecule has 98 valence electrons. The molecule has 18 heavy (non-hydrogen) atoms. The molecule has 6 N–H and O–H groups in total. The molecule has 0 aromatic carbocycles. The fourth-order valence-electron chi connectivity index (χ4n) is 2.02. The van der Waals surface area contributed by atoms with Crippen LogP contribution in [0, 0.1) is 5.92 Å². The Morgan fingerprint density at radius 1 is 1.28 bits per heavy atom. The summed E-state index contributed by atoms with van der Waals surface area (Å²) in [5.74, 6) is 1.37. The van der Waals surface area contributed by atoms with Crippen LogP contribution in [0.1, 0.15) is 32.0 Å². The quantitative estimate of drug-likeness (QED) is 0.621. The van der Waals surface area contributed by atoms with Crippen molar-refractivity contribution in [2.75, 3.05) is 12.3 Å². The number of nitrogens with two attached hydrogens (primary N) is 2. The average Bonchev–Trinajstić information content (AvgIpc) is 2.69. The maximum atomic E-state index is 11.7. The molecule has 0 spiro atoms. The van der Waals surface area contributed by atoms with Gasteiger partial charge in [0.25, 0.3) is 5.56 Å². The van der Waals surface area contributed by atoms with Crippen LogP contribution in [0.4, 0.5) is 5.95 Å². The van der Waals surface area contributed by atoms with E-state index >= 15 is 0 Å². The molecule has 7 nitrogen and oxygen atoms in total. The van der Waals surface area contributed by atoms with Crippen molar-refractivity contribution in [2.24, 2.45) is 11.7 Å². The van der Waals surface area contributed by atoms with Crippen molar-refractivity contribution in [3.8, 4) is 0 Å². The second-order valence-electron chi connectivity index (χ2n) is 4.83. The number of nitrogen functional groups attached to an aromatic ring is 1. The van der Waals surface area contributed by atoms with Crippen LogP contribution in [0.5, 0.6) is 0 Å². The first-order valence-corrected chi connectivity index (χ1v) is 5.96. The molecule has 1 unspecified atom stereocenters. The molecule has 0 aliphatic carbocycles. The molecule has 0 bridgehead atoms. The van der Waals surface area contributed by atoms with E-state index in [1.165, 1.54) is 0 Å². The van der Waals surface area contributed by atoms with Gasteiger partial charge in [0.1, 0.15) is 5.82 Å². The predicted octanol–water partition coefficient (Wildman–Crippen LogP) is 0.317. The Labute approximate surface area is 104 Å². The Balaban J connectivity index is 2.46. The zero-order chi connectivity index (χ0) is 13.3. The summed E-state index contributed by atoms with van der Waals surface area (Å²) in [4.78, 5) is 25.4. The van der Waals surface area contributed by atoms with E-state index in [0.717, 1.165) is 6.42 Å². The summed E-state index contributed by atoms with van der Waals surface area (Å²) in [6.07, 6.45) is 0.906. The van der Waals surface area contributed by atoms with Gasteiger partial charge in [0.05, 0.1) is 0 Å². The number of anilines is 1. The SMILES string of the molecule is CC(C)CC(CN)c1nc2nc(N)[nH]c(=O)c2[nH]1. The lowest BCUT2D eigenvalue weighted by molar-refractivity contribution is 0.491. The third-order valence-corrected chi connectivity index (χ3v) is 2.83. The van der Waals surface area contributed by atoms with Gasteiger partial charge in [0.2, 0.25) is 5.95 Å². The van der Waals surface area contributed by atoms with E-state index < -0.39 is 0 Å². The van der Waals surface area contributed by atoms with Gasteiger partial charge in [-0.15, -0.1) is 0 Å². The van der Waals surface area contributed by atoms with Crippen molar-refractivity contribution < 1.29 is 0 Å². The Kier molecular flexibility index (Phi) is 3.33. The highest BCUT2D eigenvalue weighted by Crippen LogP contribution is 2.21. The van der Waals surface area contributed by atoms with Crippen LogP contribution in [-0.2, 0) is 0 Å². The molecule has 0 radical (unpaired) electrons. The molecule has 0 aliphatic heterocycles. The zero-order valence-electron chi connectivity index (χ0n) is 10.5. The third kappa shape index (κ3) is 2.35. The predicted molar refractivity (Wildman–Crippen MR) is 70.2 cm³/mol. The van der Waals surface area contributed by atoms with Gasteiger partial charge in [-0.2, -0.15) is 4.98 Å². The number of imidazole rings is 1. The van der Waals surface area contributed by atoms with Gasteiger partial charge in [-0.25, -0.2) is 4.98 Å². The summed E-state index contributed by atoms with van der Waals surface area (Å²) in [6, 6.07) is 0. The topological polar surface area (TPSA) is 126 Å². The standard InChI is InChI=1S/C11H18N6O/c1-5(2)3-6(4-12)8-14-7-9(15-8)16-11(13)17-10(7)18/h5-6H,3-4,12H2,1-2H3,(H4,13,14,15,16,17,18). The Bertz CT molecular complexity index is 599. The highest BCUT2D eigenvalue weighted by molar-refractivity contribution is 5.70. The number of fused-ring (bicyclic) bond motifs is 1. The van der Waals surface area contributed by atoms with Crippen molar-refractivity contribution >= 4 is 17.1 Å². The molecule has 1 atom stereocenters. The van der Waals surface area contributed by atoms with Gasteiger partial charge in [-0.05, 0) is 12.3 Å². The van der Waals surface area contributed by atoms with Crippen LogP contribution >= 0.6 is 0 Å². The summed E-state index contributed by atoms with van der Waals surface area (Å²) in [6.45, 7) is 4.72. The summed E-state index contributed by atoms with van der Waals surface area (Å²) >= 11 is 0. The Morgan fingerprint density at radius 2 is 2.00 bits per heavy atom. The minimum Gasteiger partial charge on any atom is -0.369 e. The smallest absolute Gasteiger partial charge is 0.278 e. The number of rotatable bonds is 4. The van der Waals surface area contributed by atoms with Crippen molar-refractivity contribution in [1.82, 2.24) is 19.9 Å². The van der Waals surface area contributed by atoms with Gasteiger partial charge in [0.15, 0.2) is 11.2 Å². The van der Waals surface area contributed by atoms with Crippen molar-refractivity contribution in [3.05, 3.63) is 16.2 Å². The Morgan fingerprint density at radius 3 is 2.61 bits per heavy atom. The molecule has 0 fully saturated rings. The number of hydrogen-bond donors (Lipinski definition) is 4. The van der Waals surface area contributed by atoms with Gasteiger partial charge < -0.3 is 16.5 Å². The molecule has 2 aromatic heterocycles. The monoisotopic (exact) mass is 250 g/mol. The highest BCUT2D eigenvalue weighted by atomic mass is 16.1. The third-order valence-electron chi connectivity index (χ3n) is 2.83. The number of aromatic nitrogens is 4. The molecule has 2 rings (SSSR count). The van der Waals surface area contributed by atoms with E-state index in [1.54, 1.807) is 0 Å². The fourth-order valence-corrected chi connectivity index (χ4v) is 2.02. The second kappa shape index (κ2) is 4.77. The summed E-state index contributed by atoms with van der Waals surface area (Å²) in [7, 11) is 0. The minimum absolute atomic E-state index is 0.0682. The number of hydrogen-bond acceptors (Lipinski definition) is 5. The van der Waals surface area contributed by atoms with E-state index in [0.29, 0.717) is 29.5 Å². The van der Waals surface area contributed by atoms with Crippen molar-refractivity contribution in [3.63, 3.8) is 0 Å². The van der Waals surface area contributed by atoms with Crippen LogP contribution in [-0.4, -0.2) is 26.5 Å². The number of nitrogens with zero attached hydrogens (tertiary/aromatic N) is 2. The van der Waals surface area contributed by atoms with Gasteiger partial charge in [0, 0.05) is 12.5 Å². The van der Waals surface area contributed by atoms with Crippen LogP contribution in [0.3, 0.4) is 0 Å². The lowest BCUT2D eigenvalue weighted by Gasteiger charge is -2.13. The van der Waals surface area contributed by atoms with E-state index in [1.807, 2.05) is 0 Å². The summed E-state index contributed by atoms with van der Waals surface area (Å²) in [5.41, 5.74) is 11.6. The lowest BCUT2D eigenvalue weighted by Crippen LogP contribution is -2.16. The molecule has 0 amide bonds. The Hall–Kier alpha value is -1.89. The first kappa shape index (κ1) is 12.6. The largest absolute Gasteiger partial charge is 0.369 e. The average molecular weight is 250 g/mol. The van der Waals surface area contributed by atoms with Crippen LogP contribution < -0.4 is 17.0 Å². The van der Waals surface area contributed by atoms with Gasteiger partial charge in [-0.1, -0.05) is 13.8 Å². The van der Waals surface area contributed by atoms with Crippen LogP contribution in [0.25, 0.3) is 11.2 Å². The summed E-state index contributed by atoms with van der Waals surface area (Å²) in [5, 5.41) is 0. The van der Waals surface area contributed by atoms with Gasteiger partial charge >= 0.3 is 0 Å². The highest BCUT2D eigenvalue weighted by Gasteiger charge is 2.17. The summed E-state index contributed by atoms with van der Waals surface area (Å²) < 4.78 is 0. The minimum atomic E-state index is -0.309.